The predicted octanol–water partition coefficient (Wildman–Crippen LogP) is 1.06. The number of aliphatic carboxylic acids is 1. The fourth-order valence-electron chi connectivity index (χ4n) is 2.83. The molecule has 0 spiro atoms. The lowest BCUT2D eigenvalue weighted by Gasteiger charge is -2.34. The number of carbonyl (C=O) groups is 3. The van der Waals surface area contributed by atoms with Crippen LogP contribution in [0, 0.1) is 5.92 Å². The van der Waals surface area contributed by atoms with E-state index in [1.807, 2.05) is 38.1 Å². The van der Waals surface area contributed by atoms with E-state index in [1.165, 1.54) is 6.92 Å². The van der Waals surface area contributed by atoms with E-state index in [2.05, 4.69) is 11.9 Å². The molecule has 148 valence electrons. The molecule has 0 saturated carbocycles. The molecule has 0 aromatic heterocycles. The summed E-state index contributed by atoms with van der Waals surface area (Å²) in [4.78, 5) is 34.9. The molecule has 1 aliphatic heterocycles. The second kappa shape index (κ2) is 9.18. The number of para-hydroxylation sites is 2. The predicted molar refractivity (Wildman–Crippen MR) is 96.7 cm³/mol. The van der Waals surface area contributed by atoms with Crippen molar-refractivity contribution in [1.82, 2.24) is 5.32 Å². The lowest BCUT2D eigenvalue weighted by Crippen LogP contribution is -2.65. The van der Waals surface area contributed by atoms with E-state index in [-0.39, 0.29) is 18.2 Å². The number of hydrogen-bond acceptors (Lipinski definition) is 6. The van der Waals surface area contributed by atoms with Gasteiger partial charge in [0.15, 0.2) is 11.5 Å². The number of carboxylic acid groups (broad SMARTS) is 1. The van der Waals surface area contributed by atoms with Crippen molar-refractivity contribution in [2.45, 2.75) is 26.8 Å². The maximum absolute atomic E-state index is 12.0. The summed E-state index contributed by atoms with van der Waals surface area (Å²) >= 11 is 0. The number of quaternary nitrogens is 1. The second-order valence-corrected chi connectivity index (χ2v) is 6.51. The van der Waals surface area contributed by atoms with Crippen LogP contribution in [-0.2, 0) is 9.59 Å². The van der Waals surface area contributed by atoms with Gasteiger partial charge in [-0.05, 0) is 19.1 Å². The Kier molecular flexibility index (Phi) is 7.54. The van der Waals surface area contributed by atoms with Crippen LogP contribution in [0.3, 0.4) is 0 Å². The highest BCUT2D eigenvalue weighted by Crippen LogP contribution is 2.26. The number of rotatable bonds is 6. The van der Waals surface area contributed by atoms with Crippen LogP contribution in [0.4, 0.5) is 4.79 Å². The number of nitrogens with one attached hydrogen (secondary N) is 1. The quantitative estimate of drug-likeness (QED) is 0.451. The first kappa shape index (κ1) is 22.2. The minimum absolute atomic E-state index is 0.0163. The van der Waals surface area contributed by atoms with Gasteiger partial charge in [0.25, 0.3) is 0 Å². The maximum atomic E-state index is 12.0. The SMILES string of the molecule is C=C1NC(=O)[N+](CC(C)C)(C(C)C(=O)[O-])C1=O.COc1ccccc1OC. The molecule has 1 aromatic rings. The van der Waals surface area contributed by atoms with Gasteiger partial charge in [-0.1, -0.05) is 32.6 Å². The van der Waals surface area contributed by atoms with E-state index in [0.717, 1.165) is 11.5 Å². The first-order valence-corrected chi connectivity index (χ1v) is 8.42. The molecule has 3 amide bonds. The Hall–Kier alpha value is -2.87. The van der Waals surface area contributed by atoms with E-state index < -0.39 is 28.4 Å². The van der Waals surface area contributed by atoms with E-state index >= 15 is 0 Å². The molecule has 1 fully saturated rings. The molecule has 1 saturated heterocycles. The highest BCUT2D eigenvalue weighted by atomic mass is 16.5. The monoisotopic (exact) mass is 378 g/mol. The fourth-order valence-corrected chi connectivity index (χ4v) is 2.83. The smallest absolute Gasteiger partial charge is 0.429 e. The first-order valence-electron chi connectivity index (χ1n) is 8.42. The van der Waals surface area contributed by atoms with Crippen molar-refractivity contribution in [1.29, 1.82) is 0 Å². The van der Waals surface area contributed by atoms with E-state index in [0.29, 0.717) is 0 Å². The molecule has 1 heterocycles. The van der Waals surface area contributed by atoms with Crippen molar-refractivity contribution in [2.75, 3.05) is 20.8 Å². The van der Waals surface area contributed by atoms with Gasteiger partial charge in [-0.15, -0.1) is 0 Å². The molecular formula is C19H26N2O6. The number of ether oxygens (including phenoxy) is 2. The number of hydrogen-bond donors (Lipinski definition) is 1. The van der Waals surface area contributed by atoms with Gasteiger partial charge in [0, 0.05) is 5.92 Å². The number of carboxylic acids is 1. The number of amides is 3. The molecule has 0 aliphatic carbocycles. The highest BCUT2D eigenvalue weighted by molar-refractivity contribution is 6.04. The van der Waals surface area contributed by atoms with Crippen LogP contribution in [-0.4, -0.2) is 49.2 Å². The third kappa shape index (κ3) is 4.65. The zero-order valence-electron chi connectivity index (χ0n) is 16.3. The largest absolute Gasteiger partial charge is 0.544 e. The summed E-state index contributed by atoms with van der Waals surface area (Å²) in [5, 5.41) is 13.3. The van der Waals surface area contributed by atoms with Gasteiger partial charge in [-0.3, -0.25) is 5.32 Å². The molecule has 0 bridgehead atoms. The van der Waals surface area contributed by atoms with E-state index in [1.54, 1.807) is 14.2 Å². The normalized spacial score (nSPS) is 19.9. The average Bonchev–Trinajstić information content (AvgIpc) is 2.84. The highest BCUT2D eigenvalue weighted by Gasteiger charge is 2.56. The lowest BCUT2D eigenvalue weighted by atomic mass is 10.1. The molecule has 8 heteroatoms. The zero-order chi connectivity index (χ0) is 20.8. The van der Waals surface area contributed by atoms with Crippen LogP contribution in [0.5, 0.6) is 11.5 Å². The van der Waals surface area contributed by atoms with Gasteiger partial charge in [0.1, 0.15) is 17.7 Å². The first-order chi connectivity index (χ1) is 12.6. The Bertz CT molecular complexity index is 708. The van der Waals surface area contributed by atoms with Gasteiger partial charge in [-0.2, -0.15) is 4.48 Å². The molecular weight excluding hydrogens is 352 g/mol. The van der Waals surface area contributed by atoms with Gasteiger partial charge in [0.05, 0.1) is 20.8 Å². The topological polar surface area (TPSA) is 105 Å². The molecule has 0 radical (unpaired) electrons. The van der Waals surface area contributed by atoms with Gasteiger partial charge >= 0.3 is 11.9 Å². The van der Waals surface area contributed by atoms with Gasteiger partial charge in [0.2, 0.25) is 0 Å². The van der Waals surface area contributed by atoms with Crippen LogP contribution in [0.15, 0.2) is 36.5 Å². The van der Waals surface area contributed by atoms with Crippen LogP contribution in [0.25, 0.3) is 0 Å². The number of imide groups is 1. The van der Waals surface area contributed by atoms with Crippen molar-refractivity contribution in [3.63, 3.8) is 0 Å². The Labute approximate surface area is 159 Å². The molecule has 8 nitrogen and oxygen atoms in total. The molecule has 1 N–H and O–H groups in total. The Morgan fingerprint density at radius 1 is 1.15 bits per heavy atom. The van der Waals surface area contributed by atoms with Gasteiger partial charge in [-0.25, -0.2) is 9.59 Å². The maximum Gasteiger partial charge on any atom is 0.429 e. The minimum atomic E-state index is -1.43. The zero-order valence-corrected chi connectivity index (χ0v) is 16.3. The molecule has 2 unspecified atom stereocenters. The van der Waals surface area contributed by atoms with Crippen LogP contribution < -0.4 is 19.9 Å². The molecule has 1 aliphatic rings. The fraction of sp³-hybridized carbons (Fsp3) is 0.421. The third-order valence-electron chi connectivity index (χ3n) is 4.19. The van der Waals surface area contributed by atoms with Crippen molar-refractivity contribution in [3.8, 4) is 11.5 Å². The van der Waals surface area contributed by atoms with Crippen molar-refractivity contribution >= 4 is 17.9 Å². The number of benzene rings is 1. The van der Waals surface area contributed by atoms with Crippen LogP contribution in [0.1, 0.15) is 20.8 Å². The third-order valence-corrected chi connectivity index (χ3v) is 4.19. The minimum Gasteiger partial charge on any atom is -0.544 e. The summed E-state index contributed by atoms with van der Waals surface area (Å²) in [6.45, 7) is 8.45. The second-order valence-electron chi connectivity index (χ2n) is 6.51. The summed E-state index contributed by atoms with van der Waals surface area (Å²) in [6, 6.07) is 5.65. The van der Waals surface area contributed by atoms with Crippen LogP contribution >= 0.6 is 0 Å². The van der Waals surface area contributed by atoms with Crippen molar-refractivity contribution < 1.29 is 33.4 Å². The van der Waals surface area contributed by atoms with Crippen LogP contribution in [0.2, 0.25) is 0 Å². The van der Waals surface area contributed by atoms with E-state index in [4.69, 9.17) is 9.47 Å². The summed E-state index contributed by atoms with van der Waals surface area (Å²) in [5.74, 6) is -0.503. The summed E-state index contributed by atoms with van der Waals surface area (Å²) in [5.41, 5.74) is -0.0660. The number of urea groups is 1. The summed E-state index contributed by atoms with van der Waals surface area (Å²) in [7, 11) is 3.25. The molecule has 2 atom stereocenters. The summed E-state index contributed by atoms with van der Waals surface area (Å²) in [6.07, 6.45) is 0. The molecule has 27 heavy (non-hydrogen) atoms. The van der Waals surface area contributed by atoms with Crippen molar-refractivity contribution in [2.24, 2.45) is 5.92 Å². The standard InChI is InChI=1S/C11H16N2O4.C8H10O2/c1-6(2)5-13(8(4)10(15)16)9(14)7(3)12-11(13)17;1-9-7-5-3-4-6-8(7)10-2/h6,8H,3,5H2,1-2,4H3,(H-,12,15,16,17);3-6H,1-2H3. The Morgan fingerprint density at radius 2 is 1.63 bits per heavy atom. The Balaban J connectivity index is 0.000000309. The molecule has 2 rings (SSSR count). The lowest BCUT2D eigenvalue weighted by molar-refractivity contribution is -0.789. The Morgan fingerprint density at radius 3 is 1.93 bits per heavy atom. The van der Waals surface area contributed by atoms with E-state index in [9.17, 15) is 19.5 Å². The summed E-state index contributed by atoms with van der Waals surface area (Å²) < 4.78 is 9.23. The average molecular weight is 378 g/mol. The number of methoxy groups -OCH3 is 2. The number of carbonyl (C=O) groups excluding carboxylic acids is 3. The van der Waals surface area contributed by atoms with Gasteiger partial charge < -0.3 is 19.4 Å². The molecule has 1 aromatic carbocycles. The number of nitrogens with zero attached hydrogens (tertiary/aromatic N) is 1. The van der Waals surface area contributed by atoms with Crippen molar-refractivity contribution in [3.05, 3.63) is 36.5 Å².